The lowest BCUT2D eigenvalue weighted by Crippen LogP contribution is -2.43. The molecule has 2 atom stereocenters. The monoisotopic (exact) mass is 710 g/mol. The van der Waals surface area contributed by atoms with Gasteiger partial charge in [0.2, 0.25) is 5.91 Å². The van der Waals surface area contributed by atoms with Crippen LogP contribution in [0.25, 0.3) is 22.2 Å². The number of aliphatic hydroxyl groups is 1. The molecule has 0 aliphatic carbocycles. The van der Waals surface area contributed by atoms with Gasteiger partial charge >= 0.3 is 0 Å². The summed E-state index contributed by atoms with van der Waals surface area (Å²) in [6.45, 7) is 2.42. The Morgan fingerprint density at radius 1 is 1.04 bits per heavy atom. The van der Waals surface area contributed by atoms with E-state index >= 15 is 4.39 Å². The second-order valence-electron chi connectivity index (χ2n) is 11.8. The quantitative estimate of drug-likeness (QED) is 0.165. The van der Waals surface area contributed by atoms with Crippen LogP contribution in [0.1, 0.15) is 39.8 Å². The molecular weight excluding hydrogens is 684 g/mol. The van der Waals surface area contributed by atoms with Gasteiger partial charge in [-0.25, -0.2) is 23.1 Å². The number of nitrogens with two attached hydrogens (primary N) is 1. The van der Waals surface area contributed by atoms with Gasteiger partial charge in [0.25, 0.3) is 5.91 Å². The summed E-state index contributed by atoms with van der Waals surface area (Å²) in [5.41, 5.74) is 2.74. The molecule has 0 spiro atoms. The van der Waals surface area contributed by atoms with Gasteiger partial charge in [-0.2, -0.15) is 0 Å². The number of aryl methyl sites for hydroxylation is 1. The zero-order valence-corrected chi connectivity index (χ0v) is 27.6. The van der Waals surface area contributed by atoms with E-state index in [-0.39, 0.29) is 46.0 Å². The highest BCUT2D eigenvalue weighted by Crippen LogP contribution is 2.47. The van der Waals surface area contributed by atoms with Crippen LogP contribution >= 0.6 is 23.2 Å². The average molecular weight is 712 g/mol. The van der Waals surface area contributed by atoms with Crippen molar-refractivity contribution in [2.24, 2.45) is 5.73 Å². The Balaban J connectivity index is 1.50. The molecule has 14 heteroatoms. The standard InChI is InChI=1S/C35H27Cl2F3N4O5/c1-16-23(36)9-17-8-18(10-27(48-3)29(17)43-16)32(45)42-14-35(47,19-4-6-20(38)7-5-19)28-12-22-31(49-15-34(22,2)33(41)46)30(44-28)21-11-24(37)26(40)13-25(21)39/h4-13,47H,14-15H2,1-3H3,(H2,41,46)(H,42,45)/t34-,35+/m0/s1. The molecule has 0 bridgehead atoms. The highest BCUT2D eigenvalue weighted by molar-refractivity contribution is 6.32. The minimum Gasteiger partial charge on any atom is -0.494 e. The lowest BCUT2D eigenvalue weighted by atomic mass is 9.80. The van der Waals surface area contributed by atoms with Crippen LogP contribution in [0.15, 0.2) is 60.7 Å². The molecule has 0 saturated heterocycles. The Bertz CT molecular complexity index is 2190. The lowest BCUT2D eigenvalue weighted by molar-refractivity contribution is -0.123. The molecule has 0 fully saturated rings. The molecule has 3 heterocycles. The number of nitrogens with zero attached hydrogens (tertiary/aromatic N) is 2. The number of benzene rings is 3. The van der Waals surface area contributed by atoms with Crippen LogP contribution in [0.2, 0.25) is 10.0 Å². The number of rotatable bonds is 8. The predicted octanol–water partition coefficient (Wildman–Crippen LogP) is 6.14. The molecule has 0 saturated carbocycles. The van der Waals surface area contributed by atoms with E-state index in [1.54, 1.807) is 19.1 Å². The normalized spacial score (nSPS) is 16.5. The van der Waals surface area contributed by atoms with Crippen LogP contribution in [0.3, 0.4) is 0 Å². The van der Waals surface area contributed by atoms with Gasteiger partial charge in [-0.1, -0.05) is 35.3 Å². The van der Waals surface area contributed by atoms with Gasteiger partial charge in [0.05, 0.1) is 35.1 Å². The zero-order chi connectivity index (χ0) is 35.4. The fraction of sp³-hybridized carbons (Fsp3) is 0.200. The van der Waals surface area contributed by atoms with Gasteiger partial charge < -0.3 is 25.6 Å². The fourth-order valence-electron chi connectivity index (χ4n) is 5.67. The van der Waals surface area contributed by atoms with E-state index in [4.69, 9.17) is 38.4 Å². The second-order valence-corrected chi connectivity index (χ2v) is 12.6. The third kappa shape index (κ3) is 5.90. The molecule has 4 N–H and O–H groups in total. The van der Waals surface area contributed by atoms with Crippen molar-refractivity contribution in [1.82, 2.24) is 15.3 Å². The highest BCUT2D eigenvalue weighted by Gasteiger charge is 2.46. The van der Waals surface area contributed by atoms with Gasteiger partial charge in [-0.05, 0) is 61.9 Å². The lowest BCUT2D eigenvalue weighted by Gasteiger charge is -2.30. The number of halogens is 5. The first-order chi connectivity index (χ1) is 23.2. The average Bonchev–Trinajstić information content (AvgIpc) is 3.42. The van der Waals surface area contributed by atoms with Crippen LogP contribution in [0, 0.1) is 24.4 Å². The molecule has 6 rings (SSSR count). The largest absolute Gasteiger partial charge is 0.494 e. The Hall–Kier alpha value is -4.91. The van der Waals surface area contributed by atoms with Crippen molar-refractivity contribution in [1.29, 1.82) is 0 Å². The molecule has 3 aromatic carbocycles. The summed E-state index contributed by atoms with van der Waals surface area (Å²) in [6, 6.07) is 12.3. The van der Waals surface area contributed by atoms with Crippen molar-refractivity contribution < 1.29 is 37.3 Å². The Morgan fingerprint density at radius 3 is 2.43 bits per heavy atom. The first-order valence-electron chi connectivity index (χ1n) is 14.7. The maximum atomic E-state index is 15.3. The van der Waals surface area contributed by atoms with E-state index in [1.165, 1.54) is 38.3 Å². The number of amides is 2. The Kier molecular flexibility index (Phi) is 8.68. The number of hydrogen-bond acceptors (Lipinski definition) is 7. The maximum Gasteiger partial charge on any atom is 0.251 e. The minimum absolute atomic E-state index is 0.0390. The third-order valence-electron chi connectivity index (χ3n) is 8.63. The molecule has 0 radical (unpaired) electrons. The van der Waals surface area contributed by atoms with E-state index in [0.29, 0.717) is 33.4 Å². The fourth-order valence-corrected chi connectivity index (χ4v) is 5.99. The minimum atomic E-state index is -2.24. The first-order valence-corrected chi connectivity index (χ1v) is 15.5. The van der Waals surface area contributed by atoms with Crippen molar-refractivity contribution in [2.45, 2.75) is 24.9 Å². The summed E-state index contributed by atoms with van der Waals surface area (Å²) in [4.78, 5) is 35.4. The molecule has 5 aromatic rings. The van der Waals surface area contributed by atoms with Gasteiger partial charge in [-0.15, -0.1) is 0 Å². The number of aromatic nitrogens is 2. The van der Waals surface area contributed by atoms with Gasteiger partial charge in [0, 0.05) is 28.1 Å². The SMILES string of the molecule is COc1cc(C(=O)NC[C@@](O)(c2ccc(F)cc2)c2cc3c(c(-c4cc(Cl)c(F)cc4F)n2)OC[C@]3(C)C(N)=O)cc2cc(Cl)c(C)nc12. The van der Waals surface area contributed by atoms with Crippen molar-refractivity contribution in [2.75, 3.05) is 20.3 Å². The van der Waals surface area contributed by atoms with Crippen molar-refractivity contribution in [3.63, 3.8) is 0 Å². The van der Waals surface area contributed by atoms with E-state index < -0.39 is 51.8 Å². The van der Waals surface area contributed by atoms with Crippen LogP contribution in [-0.2, 0) is 15.8 Å². The molecule has 49 heavy (non-hydrogen) atoms. The Labute approximate surface area is 287 Å². The van der Waals surface area contributed by atoms with Gasteiger partial charge in [0.15, 0.2) is 0 Å². The smallest absolute Gasteiger partial charge is 0.251 e. The Morgan fingerprint density at radius 2 is 1.76 bits per heavy atom. The number of ether oxygens (including phenoxy) is 2. The number of primary amides is 1. The summed E-state index contributed by atoms with van der Waals surface area (Å²) in [5.74, 6) is -3.88. The third-order valence-corrected chi connectivity index (χ3v) is 9.30. The zero-order valence-electron chi connectivity index (χ0n) is 26.1. The summed E-state index contributed by atoms with van der Waals surface area (Å²) >= 11 is 12.3. The number of fused-ring (bicyclic) bond motifs is 2. The molecule has 2 aromatic heterocycles. The maximum absolute atomic E-state index is 15.3. The van der Waals surface area contributed by atoms with Crippen LogP contribution in [0.5, 0.6) is 11.5 Å². The highest BCUT2D eigenvalue weighted by atomic mass is 35.5. The molecule has 0 unspecified atom stereocenters. The summed E-state index contributed by atoms with van der Waals surface area (Å²) in [7, 11) is 1.42. The second kappa shape index (κ2) is 12.5. The molecule has 9 nitrogen and oxygen atoms in total. The number of carbonyl (C=O) groups excluding carboxylic acids is 2. The topological polar surface area (TPSA) is 137 Å². The van der Waals surface area contributed by atoms with Gasteiger partial charge in [-0.3, -0.25) is 9.59 Å². The number of nitrogens with one attached hydrogen (secondary N) is 1. The van der Waals surface area contributed by atoms with Crippen LogP contribution in [0.4, 0.5) is 13.2 Å². The van der Waals surface area contributed by atoms with Crippen LogP contribution < -0.4 is 20.5 Å². The summed E-state index contributed by atoms with van der Waals surface area (Å²) in [6.07, 6.45) is 0. The molecule has 252 valence electrons. The number of methoxy groups -OCH3 is 1. The molecule has 1 aliphatic rings. The van der Waals surface area contributed by atoms with E-state index in [2.05, 4.69) is 15.3 Å². The van der Waals surface area contributed by atoms with Crippen molar-refractivity contribution in [3.05, 3.63) is 116 Å². The van der Waals surface area contributed by atoms with Crippen molar-refractivity contribution >= 4 is 45.9 Å². The summed E-state index contributed by atoms with van der Waals surface area (Å²) < 4.78 is 54.9. The predicted molar refractivity (Wildman–Crippen MR) is 176 cm³/mol. The first kappa shape index (κ1) is 34.0. The summed E-state index contributed by atoms with van der Waals surface area (Å²) in [5, 5.41) is 15.6. The molecule has 1 aliphatic heterocycles. The van der Waals surface area contributed by atoms with E-state index in [0.717, 1.165) is 18.2 Å². The van der Waals surface area contributed by atoms with Crippen LogP contribution in [-0.4, -0.2) is 47.2 Å². The van der Waals surface area contributed by atoms with Crippen molar-refractivity contribution in [3.8, 4) is 22.8 Å². The van der Waals surface area contributed by atoms with E-state index in [1.807, 2.05) is 0 Å². The number of hydrogen-bond donors (Lipinski definition) is 3. The van der Waals surface area contributed by atoms with E-state index in [9.17, 15) is 23.5 Å². The molecule has 2 amide bonds. The number of pyridine rings is 2. The number of carbonyl (C=O) groups is 2. The molecular formula is C35H27Cl2F3N4O5. The van der Waals surface area contributed by atoms with Gasteiger partial charge in [0.1, 0.15) is 57.8 Å².